The molecule has 2 rings (SSSR count). The molecule has 2 aromatic heterocycles. The number of rotatable bonds is 1. The van der Waals surface area contributed by atoms with E-state index >= 15 is 0 Å². The lowest BCUT2D eigenvalue weighted by Crippen LogP contribution is -2.30. The van der Waals surface area contributed by atoms with Crippen LogP contribution in [0.3, 0.4) is 0 Å². The fraction of sp³-hybridized carbons (Fsp3) is 0.250. The quantitative estimate of drug-likeness (QED) is 0.647. The van der Waals surface area contributed by atoms with Crippen LogP contribution in [0.15, 0.2) is 22.0 Å². The van der Waals surface area contributed by atoms with Gasteiger partial charge < -0.3 is 4.57 Å². The van der Waals surface area contributed by atoms with Gasteiger partial charge in [-0.05, 0) is 6.92 Å². The van der Waals surface area contributed by atoms with Gasteiger partial charge in [-0.25, -0.2) is 9.48 Å². The molecular weight excluding hydrogens is 198 g/mol. The van der Waals surface area contributed by atoms with E-state index in [-0.39, 0.29) is 5.69 Å². The van der Waals surface area contributed by atoms with Gasteiger partial charge in [-0.2, -0.15) is 0 Å². The summed E-state index contributed by atoms with van der Waals surface area (Å²) in [4.78, 5) is 24.7. The van der Waals surface area contributed by atoms with Crippen molar-refractivity contribution in [2.75, 3.05) is 0 Å². The van der Waals surface area contributed by atoms with Gasteiger partial charge in [-0.1, -0.05) is 5.21 Å². The summed E-state index contributed by atoms with van der Waals surface area (Å²) in [6, 6.07) is 0. The third kappa shape index (κ3) is 1.58. The number of aromatic nitrogens is 5. The Hall–Kier alpha value is -2.18. The molecule has 0 atom stereocenters. The highest BCUT2D eigenvalue weighted by Gasteiger charge is 2.06. The Kier molecular flexibility index (Phi) is 2.00. The van der Waals surface area contributed by atoms with E-state index in [0.29, 0.717) is 5.69 Å². The van der Waals surface area contributed by atoms with E-state index in [2.05, 4.69) is 15.3 Å². The van der Waals surface area contributed by atoms with E-state index < -0.39 is 11.2 Å². The minimum Gasteiger partial charge on any atom is -0.301 e. The molecule has 0 aliphatic carbocycles. The molecule has 0 saturated heterocycles. The van der Waals surface area contributed by atoms with Crippen molar-refractivity contribution < 1.29 is 0 Å². The molecule has 0 aliphatic rings. The molecule has 78 valence electrons. The van der Waals surface area contributed by atoms with Crippen molar-refractivity contribution in [2.24, 2.45) is 7.05 Å². The summed E-state index contributed by atoms with van der Waals surface area (Å²) in [6.45, 7) is 1.76. The van der Waals surface area contributed by atoms with Gasteiger partial charge >= 0.3 is 5.69 Å². The van der Waals surface area contributed by atoms with Crippen molar-refractivity contribution in [1.29, 1.82) is 0 Å². The second kappa shape index (κ2) is 3.19. The zero-order valence-electron chi connectivity index (χ0n) is 8.26. The molecule has 0 spiro atoms. The van der Waals surface area contributed by atoms with Crippen LogP contribution in [0.2, 0.25) is 0 Å². The lowest BCUT2D eigenvalue weighted by molar-refractivity contribution is 0.737. The normalized spacial score (nSPS) is 10.5. The predicted octanol–water partition coefficient (Wildman–Crippen LogP) is -1.04. The molecule has 0 aliphatic heterocycles. The Labute approximate surface area is 84.0 Å². The monoisotopic (exact) mass is 207 g/mol. The first-order valence-electron chi connectivity index (χ1n) is 4.27. The molecule has 2 aromatic rings. The average molecular weight is 207 g/mol. The highest BCUT2D eigenvalue weighted by molar-refractivity contribution is 5.23. The Morgan fingerprint density at radius 1 is 1.33 bits per heavy atom. The summed E-state index contributed by atoms with van der Waals surface area (Å²) < 4.78 is 2.60. The van der Waals surface area contributed by atoms with Crippen LogP contribution in [0, 0.1) is 6.92 Å². The number of aromatic amines is 1. The number of nitrogens with one attached hydrogen (secondary N) is 1. The maximum atomic E-state index is 11.4. The summed E-state index contributed by atoms with van der Waals surface area (Å²) >= 11 is 0. The van der Waals surface area contributed by atoms with Crippen molar-refractivity contribution in [1.82, 2.24) is 24.5 Å². The van der Waals surface area contributed by atoms with E-state index in [1.165, 1.54) is 15.4 Å². The highest BCUT2D eigenvalue weighted by atomic mass is 16.2. The molecule has 7 heteroatoms. The summed E-state index contributed by atoms with van der Waals surface area (Å²) in [5.41, 5.74) is 0.0181. The zero-order valence-corrected chi connectivity index (χ0v) is 8.26. The maximum absolute atomic E-state index is 11.4. The largest absolute Gasteiger partial charge is 0.328 e. The lowest BCUT2D eigenvalue weighted by atomic mass is 10.5. The molecule has 0 fully saturated rings. The molecule has 7 nitrogen and oxygen atoms in total. The molecule has 0 radical (unpaired) electrons. The second-order valence-electron chi connectivity index (χ2n) is 3.19. The lowest BCUT2D eigenvalue weighted by Gasteiger charge is -2.00. The van der Waals surface area contributed by atoms with Crippen LogP contribution < -0.4 is 11.2 Å². The van der Waals surface area contributed by atoms with Crippen molar-refractivity contribution in [3.8, 4) is 5.69 Å². The Bertz CT molecular complexity index is 606. The average Bonchev–Trinajstić information content (AvgIpc) is 2.58. The molecule has 15 heavy (non-hydrogen) atoms. The smallest absolute Gasteiger partial charge is 0.301 e. The molecule has 0 saturated carbocycles. The summed E-state index contributed by atoms with van der Waals surface area (Å²) in [5.74, 6) is 0. The van der Waals surface area contributed by atoms with Gasteiger partial charge in [0.2, 0.25) is 0 Å². The van der Waals surface area contributed by atoms with Crippen LogP contribution in [-0.2, 0) is 7.05 Å². The van der Waals surface area contributed by atoms with E-state index in [4.69, 9.17) is 0 Å². The molecule has 2 heterocycles. The maximum Gasteiger partial charge on any atom is 0.328 e. The summed E-state index contributed by atoms with van der Waals surface area (Å²) in [7, 11) is 1.55. The van der Waals surface area contributed by atoms with Crippen LogP contribution >= 0.6 is 0 Å². The molecule has 0 aromatic carbocycles. The van der Waals surface area contributed by atoms with Gasteiger partial charge in [0.05, 0.1) is 11.9 Å². The van der Waals surface area contributed by atoms with Crippen LogP contribution in [0.25, 0.3) is 5.69 Å². The molecule has 0 amide bonds. The summed E-state index contributed by atoms with van der Waals surface area (Å²) in [5, 5.41) is 7.51. The van der Waals surface area contributed by atoms with Crippen LogP contribution in [-0.4, -0.2) is 24.5 Å². The topological polar surface area (TPSA) is 85.6 Å². The van der Waals surface area contributed by atoms with E-state index in [9.17, 15) is 9.59 Å². The minimum atomic E-state index is -0.483. The number of aryl methyl sites for hydroxylation is 2. The molecular formula is C8H9N5O2. The third-order valence-electron chi connectivity index (χ3n) is 1.94. The predicted molar refractivity (Wildman–Crippen MR) is 52.0 cm³/mol. The first kappa shape index (κ1) is 9.38. The third-order valence-corrected chi connectivity index (χ3v) is 1.94. The van der Waals surface area contributed by atoms with Gasteiger partial charge in [0.1, 0.15) is 5.69 Å². The molecule has 1 N–H and O–H groups in total. The highest BCUT2D eigenvalue weighted by Crippen LogP contribution is 1.97. The van der Waals surface area contributed by atoms with E-state index in [0.717, 1.165) is 0 Å². The fourth-order valence-electron chi connectivity index (χ4n) is 1.18. The first-order chi connectivity index (χ1) is 7.08. The fourth-order valence-corrected chi connectivity index (χ4v) is 1.18. The van der Waals surface area contributed by atoms with Gasteiger partial charge in [0, 0.05) is 13.2 Å². The van der Waals surface area contributed by atoms with Gasteiger partial charge in [-0.15, -0.1) is 5.10 Å². The van der Waals surface area contributed by atoms with Crippen molar-refractivity contribution in [2.45, 2.75) is 6.92 Å². The standard InChI is InChI=1S/C8H9N5O2/c1-5-3-13(11-10-5)6-4-12(2)8(15)9-7(6)14/h3-4H,1-2H3,(H,9,14,15). The Balaban J connectivity index is 2.68. The number of H-pyrrole nitrogens is 1. The van der Waals surface area contributed by atoms with Gasteiger partial charge in [0.25, 0.3) is 5.56 Å². The van der Waals surface area contributed by atoms with Crippen LogP contribution in [0.5, 0.6) is 0 Å². The SMILES string of the molecule is Cc1cn(-c2cn(C)c(=O)[nH]c2=O)nn1. The molecule has 0 bridgehead atoms. The number of hydrogen-bond donors (Lipinski definition) is 1. The van der Waals surface area contributed by atoms with Crippen molar-refractivity contribution >= 4 is 0 Å². The number of hydrogen-bond acceptors (Lipinski definition) is 4. The second-order valence-corrected chi connectivity index (χ2v) is 3.19. The van der Waals surface area contributed by atoms with Crippen molar-refractivity contribution in [3.63, 3.8) is 0 Å². The number of nitrogens with zero attached hydrogens (tertiary/aromatic N) is 4. The first-order valence-corrected chi connectivity index (χ1v) is 4.27. The minimum absolute atomic E-state index is 0.262. The summed E-state index contributed by atoms with van der Waals surface area (Å²) in [6.07, 6.45) is 3.02. The van der Waals surface area contributed by atoms with Gasteiger partial charge in [0.15, 0.2) is 0 Å². The molecule has 0 unspecified atom stereocenters. The van der Waals surface area contributed by atoms with Gasteiger partial charge in [-0.3, -0.25) is 9.78 Å². The van der Waals surface area contributed by atoms with E-state index in [1.807, 2.05) is 0 Å². The van der Waals surface area contributed by atoms with Crippen LogP contribution in [0.4, 0.5) is 0 Å². The van der Waals surface area contributed by atoms with E-state index in [1.54, 1.807) is 20.2 Å². The zero-order chi connectivity index (χ0) is 11.0. The Morgan fingerprint density at radius 3 is 2.67 bits per heavy atom. The van der Waals surface area contributed by atoms with Crippen LogP contribution in [0.1, 0.15) is 5.69 Å². The van der Waals surface area contributed by atoms with Crippen molar-refractivity contribution in [3.05, 3.63) is 38.9 Å². The Morgan fingerprint density at radius 2 is 2.07 bits per heavy atom.